The lowest BCUT2D eigenvalue weighted by molar-refractivity contribution is -0.167. The average molecular weight is 1170 g/mol. The van der Waals surface area contributed by atoms with Crippen LogP contribution in [0.25, 0.3) is 0 Å². The van der Waals surface area contributed by atoms with Crippen LogP contribution in [-0.2, 0) is 28.6 Å². The number of hydrogen-bond acceptors (Lipinski definition) is 6. The molecule has 0 amide bonds. The molecule has 6 heteroatoms. The summed E-state index contributed by atoms with van der Waals surface area (Å²) in [6, 6.07) is 0. The predicted molar refractivity (Wildman–Crippen MR) is 362 cm³/mol. The first-order valence-corrected chi connectivity index (χ1v) is 37.5. The summed E-state index contributed by atoms with van der Waals surface area (Å²) in [5, 5.41) is 0. The molecule has 0 fully saturated rings. The first kappa shape index (κ1) is 80.6. The van der Waals surface area contributed by atoms with Gasteiger partial charge in [-0.2, -0.15) is 0 Å². The van der Waals surface area contributed by atoms with Crippen molar-refractivity contribution in [3.05, 3.63) is 36.5 Å². The van der Waals surface area contributed by atoms with E-state index in [0.717, 1.165) is 70.6 Å². The lowest BCUT2D eigenvalue weighted by atomic mass is 10.0. The molecule has 0 N–H and O–H groups in total. The number of allylic oxidation sites excluding steroid dienone is 6. The van der Waals surface area contributed by atoms with Crippen LogP contribution in [0.3, 0.4) is 0 Å². The minimum Gasteiger partial charge on any atom is -0.462 e. The third kappa shape index (κ3) is 70.3. The number of carbonyl (C=O) groups is 3. The molecule has 0 aliphatic carbocycles. The molecule has 0 spiro atoms. The monoisotopic (exact) mass is 1170 g/mol. The summed E-state index contributed by atoms with van der Waals surface area (Å²) >= 11 is 0. The predicted octanol–water partition coefficient (Wildman–Crippen LogP) is 25.9. The minimum absolute atomic E-state index is 0.0642. The van der Waals surface area contributed by atoms with Gasteiger partial charge < -0.3 is 14.2 Å². The molecule has 0 bridgehead atoms. The fourth-order valence-corrected chi connectivity index (χ4v) is 11.5. The molecule has 0 aliphatic heterocycles. The molecular weight excluding hydrogens is 1020 g/mol. The van der Waals surface area contributed by atoms with E-state index in [1.165, 1.54) is 308 Å². The van der Waals surface area contributed by atoms with Gasteiger partial charge in [0.15, 0.2) is 6.10 Å². The van der Waals surface area contributed by atoms with Gasteiger partial charge in [0.1, 0.15) is 13.2 Å². The Morgan fingerprint density at radius 1 is 0.241 bits per heavy atom. The average Bonchev–Trinajstić information content (AvgIpc) is 3.49. The Labute approximate surface area is 518 Å². The summed E-state index contributed by atoms with van der Waals surface area (Å²) in [4.78, 5) is 38.5. The molecule has 0 saturated carbocycles. The quantitative estimate of drug-likeness (QED) is 0.0261. The van der Waals surface area contributed by atoms with Gasteiger partial charge in [0, 0.05) is 19.3 Å². The van der Waals surface area contributed by atoms with E-state index in [1.807, 2.05) is 0 Å². The topological polar surface area (TPSA) is 78.9 Å². The summed E-state index contributed by atoms with van der Waals surface area (Å²) in [6.07, 6.45) is 90.4. The molecule has 0 radical (unpaired) electrons. The van der Waals surface area contributed by atoms with Crippen molar-refractivity contribution in [1.82, 2.24) is 0 Å². The van der Waals surface area contributed by atoms with Crippen LogP contribution in [-0.4, -0.2) is 37.2 Å². The van der Waals surface area contributed by atoms with Gasteiger partial charge in [0.25, 0.3) is 0 Å². The molecule has 0 aromatic carbocycles. The van der Waals surface area contributed by atoms with Crippen LogP contribution < -0.4 is 0 Å². The summed E-state index contributed by atoms with van der Waals surface area (Å²) in [5.74, 6) is -0.829. The SMILES string of the molecule is CCCCCCC/C=C\C/C=C\C/C=C\CCCCCCCCCCCCCCCCCCC(=O)OCC(COC(=O)CCCCCCCCCCCCCCCC)OC(=O)CCCCCCCCCCCCCCCCCCCCCC. The summed E-state index contributed by atoms with van der Waals surface area (Å²) in [7, 11) is 0. The second-order valence-corrected chi connectivity index (χ2v) is 25.6. The minimum atomic E-state index is -0.768. The molecule has 0 aromatic heterocycles. The van der Waals surface area contributed by atoms with Crippen molar-refractivity contribution in [2.24, 2.45) is 0 Å². The molecule has 1 unspecified atom stereocenters. The molecule has 0 aliphatic rings. The fraction of sp³-hybridized carbons (Fsp3) is 0.883. The standard InChI is InChI=1S/C77H144O6/c1-4-7-10-13-16-19-22-25-28-30-32-34-35-36-37-38-39-40-41-42-43-44-46-47-49-52-55-58-61-64-67-70-76(79)82-73-74(72-81-75(78)69-66-63-60-57-54-51-27-24-21-18-15-12-9-6-3)83-77(80)71-68-65-62-59-56-53-50-48-45-33-31-29-26-23-20-17-14-11-8-5-2/h22,25,30,32,35-36,74H,4-21,23-24,26-29,31,33-34,37-73H2,1-3H3/b25-22-,32-30-,36-35-. The maximum absolute atomic E-state index is 13.0. The van der Waals surface area contributed by atoms with Crippen LogP contribution in [0.5, 0.6) is 0 Å². The maximum atomic E-state index is 13.0. The molecule has 83 heavy (non-hydrogen) atoms. The fourth-order valence-electron chi connectivity index (χ4n) is 11.5. The number of ether oxygens (including phenoxy) is 3. The van der Waals surface area contributed by atoms with Crippen LogP contribution >= 0.6 is 0 Å². The van der Waals surface area contributed by atoms with E-state index in [9.17, 15) is 14.4 Å². The van der Waals surface area contributed by atoms with Crippen LogP contribution in [0.2, 0.25) is 0 Å². The molecule has 0 rings (SSSR count). The second-order valence-electron chi connectivity index (χ2n) is 25.6. The zero-order valence-corrected chi connectivity index (χ0v) is 56.2. The summed E-state index contributed by atoms with van der Waals surface area (Å²) in [5.41, 5.74) is 0. The number of unbranched alkanes of at least 4 members (excludes halogenated alkanes) is 53. The summed E-state index contributed by atoms with van der Waals surface area (Å²) in [6.45, 7) is 6.72. The van der Waals surface area contributed by atoms with Gasteiger partial charge in [0.05, 0.1) is 0 Å². The Kier molecular flexibility index (Phi) is 70.0. The van der Waals surface area contributed by atoms with Crippen molar-refractivity contribution in [1.29, 1.82) is 0 Å². The highest BCUT2D eigenvalue weighted by atomic mass is 16.6. The molecular formula is C77H144O6. The van der Waals surface area contributed by atoms with Crippen LogP contribution in [0.4, 0.5) is 0 Å². The zero-order chi connectivity index (χ0) is 59.9. The Hall–Kier alpha value is -2.37. The molecule has 6 nitrogen and oxygen atoms in total. The lowest BCUT2D eigenvalue weighted by Crippen LogP contribution is -2.30. The highest BCUT2D eigenvalue weighted by Gasteiger charge is 2.20. The first-order chi connectivity index (χ1) is 41.0. The maximum Gasteiger partial charge on any atom is 0.306 e. The van der Waals surface area contributed by atoms with E-state index < -0.39 is 6.10 Å². The van der Waals surface area contributed by atoms with E-state index in [0.29, 0.717) is 19.3 Å². The van der Waals surface area contributed by atoms with Crippen molar-refractivity contribution in [2.45, 2.75) is 425 Å². The first-order valence-electron chi connectivity index (χ1n) is 37.5. The van der Waals surface area contributed by atoms with Crippen molar-refractivity contribution in [2.75, 3.05) is 13.2 Å². The van der Waals surface area contributed by atoms with Crippen molar-refractivity contribution in [3.63, 3.8) is 0 Å². The van der Waals surface area contributed by atoms with Gasteiger partial charge in [-0.1, -0.05) is 378 Å². The molecule has 488 valence electrons. The zero-order valence-electron chi connectivity index (χ0n) is 56.2. The molecule has 1 atom stereocenters. The smallest absolute Gasteiger partial charge is 0.306 e. The van der Waals surface area contributed by atoms with Crippen LogP contribution in [0.15, 0.2) is 36.5 Å². The van der Waals surface area contributed by atoms with Crippen molar-refractivity contribution < 1.29 is 28.6 Å². The largest absolute Gasteiger partial charge is 0.462 e. The Morgan fingerprint density at radius 3 is 0.675 bits per heavy atom. The van der Waals surface area contributed by atoms with Gasteiger partial charge in [-0.15, -0.1) is 0 Å². The third-order valence-corrected chi connectivity index (χ3v) is 17.1. The highest BCUT2D eigenvalue weighted by molar-refractivity contribution is 5.71. The van der Waals surface area contributed by atoms with Gasteiger partial charge >= 0.3 is 17.9 Å². The molecule has 0 heterocycles. The number of hydrogen-bond donors (Lipinski definition) is 0. The summed E-state index contributed by atoms with van der Waals surface area (Å²) < 4.78 is 17.0. The van der Waals surface area contributed by atoms with Gasteiger partial charge in [0.2, 0.25) is 0 Å². The van der Waals surface area contributed by atoms with E-state index in [2.05, 4.69) is 57.2 Å². The normalized spacial score (nSPS) is 12.2. The van der Waals surface area contributed by atoms with Gasteiger partial charge in [-0.05, 0) is 57.8 Å². The van der Waals surface area contributed by atoms with E-state index in [-0.39, 0.29) is 31.1 Å². The number of carbonyl (C=O) groups excluding carboxylic acids is 3. The molecule has 0 saturated heterocycles. The Morgan fingerprint density at radius 2 is 0.434 bits per heavy atom. The van der Waals surface area contributed by atoms with Gasteiger partial charge in [-0.3, -0.25) is 14.4 Å². The molecule has 0 aromatic rings. The Bertz CT molecular complexity index is 1380. The van der Waals surface area contributed by atoms with Crippen molar-refractivity contribution >= 4 is 17.9 Å². The number of esters is 3. The van der Waals surface area contributed by atoms with Crippen molar-refractivity contribution in [3.8, 4) is 0 Å². The van der Waals surface area contributed by atoms with Gasteiger partial charge in [-0.25, -0.2) is 0 Å². The van der Waals surface area contributed by atoms with E-state index >= 15 is 0 Å². The highest BCUT2D eigenvalue weighted by Crippen LogP contribution is 2.19. The third-order valence-electron chi connectivity index (χ3n) is 17.1. The van der Waals surface area contributed by atoms with E-state index in [1.54, 1.807) is 0 Å². The van der Waals surface area contributed by atoms with Crippen LogP contribution in [0, 0.1) is 0 Å². The van der Waals surface area contributed by atoms with E-state index in [4.69, 9.17) is 14.2 Å². The lowest BCUT2D eigenvalue weighted by Gasteiger charge is -2.18. The second kappa shape index (κ2) is 72.1. The van der Waals surface area contributed by atoms with Crippen LogP contribution in [0.1, 0.15) is 419 Å². The number of rotatable bonds is 70. The Balaban J connectivity index is 4.18.